The van der Waals surface area contributed by atoms with Crippen LogP contribution < -0.4 is 4.74 Å². The van der Waals surface area contributed by atoms with Crippen LogP contribution in [0, 0.1) is 5.82 Å². The normalized spacial score (nSPS) is 12.6. The molecule has 0 aromatic heterocycles. The van der Waals surface area contributed by atoms with E-state index in [0.29, 0.717) is 12.4 Å². The van der Waals surface area contributed by atoms with Gasteiger partial charge in [0.1, 0.15) is 18.2 Å². The van der Waals surface area contributed by atoms with Gasteiger partial charge in [-0.25, -0.2) is 4.39 Å². The Hall–Kier alpha value is -0.760. The highest BCUT2D eigenvalue weighted by Gasteiger charge is 1.97. The maximum absolute atomic E-state index is 12.4. The van der Waals surface area contributed by atoms with E-state index in [1.807, 2.05) is 6.92 Å². The monoisotopic (exact) mass is 188 g/mol. The van der Waals surface area contributed by atoms with Crippen LogP contribution in [0.25, 0.3) is 0 Å². The Bertz CT molecular complexity index is 233. The zero-order chi connectivity index (χ0) is 8.97. The third-order valence-corrected chi connectivity index (χ3v) is 1.42. The highest BCUT2D eigenvalue weighted by Crippen LogP contribution is 2.11. The lowest BCUT2D eigenvalue weighted by atomic mass is 10.3. The summed E-state index contributed by atoms with van der Waals surface area (Å²) >= 11 is 5.66. The standard InChI is InChI=1S/C9H10ClFO/c1-7(10)6-12-9-4-2-8(11)3-5-9/h2-5,7H,6H2,1H3. The van der Waals surface area contributed by atoms with E-state index in [2.05, 4.69) is 0 Å². The van der Waals surface area contributed by atoms with Crippen LogP contribution >= 0.6 is 11.6 Å². The minimum absolute atomic E-state index is 0.0324. The van der Waals surface area contributed by atoms with E-state index < -0.39 is 0 Å². The topological polar surface area (TPSA) is 9.23 Å². The Morgan fingerprint density at radius 2 is 2.00 bits per heavy atom. The van der Waals surface area contributed by atoms with Gasteiger partial charge in [-0.1, -0.05) is 0 Å². The van der Waals surface area contributed by atoms with E-state index in [1.54, 1.807) is 12.1 Å². The van der Waals surface area contributed by atoms with Gasteiger partial charge in [0.2, 0.25) is 0 Å². The van der Waals surface area contributed by atoms with Crippen molar-refractivity contribution in [2.45, 2.75) is 12.3 Å². The average molecular weight is 189 g/mol. The van der Waals surface area contributed by atoms with Crippen LogP contribution in [0.2, 0.25) is 0 Å². The highest BCUT2D eigenvalue weighted by atomic mass is 35.5. The second kappa shape index (κ2) is 4.31. The van der Waals surface area contributed by atoms with E-state index in [1.165, 1.54) is 12.1 Å². The van der Waals surface area contributed by atoms with Crippen molar-refractivity contribution in [2.75, 3.05) is 6.61 Å². The quantitative estimate of drug-likeness (QED) is 0.663. The van der Waals surface area contributed by atoms with Gasteiger partial charge >= 0.3 is 0 Å². The van der Waals surface area contributed by atoms with Gasteiger partial charge in [-0.2, -0.15) is 0 Å². The van der Waals surface area contributed by atoms with Crippen molar-refractivity contribution in [2.24, 2.45) is 0 Å². The Labute approximate surface area is 76.1 Å². The molecule has 0 aliphatic rings. The summed E-state index contributed by atoms with van der Waals surface area (Å²) in [7, 11) is 0. The first-order valence-corrected chi connectivity index (χ1v) is 4.14. The Kier molecular flexibility index (Phi) is 3.35. The molecule has 1 atom stereocenters. The van der Waals surface area contributed by atoms with Crippen molar-refractivity contribution in [3.63, 3.8) is 0 Å². The van der Waals surface area contributed by atoms with Gasteiger partial charge in [-0.3, -0.25) is 0 Å². The van der Waals surface area contributed by atoms with Gasteiger partial charge in [-0.05, 0) is 31.2 Å². The third kappa shape index (κ3) is 3.09. The van der Waals surface area contributed by atoms with E-state index in [0.717, 1.165) is 0 Å². The lowest BCUT2D eigenvalue weighted by Crippen LogP contribution is -2.06. The molecule has 1 nitrogen and oxygen atoms in total. The fraction of sp³-hybridized carbons (Fsp3) is 0.333. The Morgan fingerprint density at radius 1 is 1.42 bits per heavy atom. The second-order valence-corrected chi connectivity index (χ2v) is 3.29. The summed E-state index contributed by atoms with van der Waals surface area (Å²) in [5.74, 6) is 0.380. The smallest absolute Gasteiger partial charge is 0.123 e. The molecule has 0 amide bonds. The van der Waals surface area contributed by atoms with Crippen LogP contribution in [0.5, 0.6) is 5.75 Å². The van der Waals surface area contributed by atoms with Crippen molar-refractivity contribution >= 4 is 11.6 Å². The summed E-state index contributed by atoms with van der Waals surface area (Å²) in [6, 6.07) is 5.87. The Morgan fingerprint density at radius 3 is 2.50 bits per heavy atom. The van der Waals surface area contributed by atoms with Gasteiger partial charge in [0.25, 0.3) is 0 Å². The van der Waals surface area contributed by atoms with Crippen molar-refractivity contribution in [1.29, 1.82) is 0 Å². The first-order chi connectivity index (χ1) is 5.68. The summed E-state index contributed by atoms with van der Waals surface area (Å²) < 4.78 is 17.6. The van der Waals surface area contributed by atoms with Crippen molar-refractivity contribution in [3.8, 4) is 5.75 Å². The van der Waals surface area contributed by atoms with Gasteiger partial charge in [0.05, 0.1) is 5.38 Å². The lowest BCUT2D eigenvalue weighted by molar-refractivity contribution is 0.320. The predicted molar refractivity (Wildman–Crippen MR) is 47.2 cm³/mol. The molecule has 0 spiro atoms. The molecule has 66 valence electrons. The molecule has 0 saturated carbocycles. The van der Waals surface area contributed by atoms with E-state index in [4.69, 9.17) is 16.3 Å². The molecule has 0 saturated heterocycles. The number of hydrogen-bond donors (Lipinski definition) is 0. The molecule has 0 aliphatic heterocycles. The first kappa shape index (κ1) is 9.33. The third-order valence-electron chi connectivity index (χ3n) is 1.29. The van der Waals surface area contributed by atoms with Crippen LogP contribution in [0.15, 0.2) is 24.3 Å². The van der Waals surface area contributed by atoms with E-state index >= 15 is 0 Å². The van der Waals surface area contributed by atoms with Crippen LogP contribution in [0.1, 0.15) is 6.92 Å². The SMILES string of the molecule is CC(Cl)COc1ccc(F)cc1. The van der Waals surface area contributed by atoms with Crippen LogP contribution in [0.4, 0.5) is 4.39 Å². The van der Waals surface area contributed by atoms with Gasteiger partial charge in [0.15, 0.2) is 0 Å². The molecule has 0 fully saturated rings. The van der Waals surface area contributed by atoms with Gasteiger partial charge in [0, 0.05) is 0 Å². The molecule has 0 aliphatic carbocycles. The van der Waals surface area contributed by atoms with Crippen LogP contribution in [0.3, 0.4) is 0 Å². The molecular formula is C9H10ClFO. The zero-order valence-corrected chi connectivity index (χ0v) is 7.51. The molecular weight excluding hydrogens is 179 g/mol. The van der Waals surface area contributed by atoms with Crippen molar-refractivity contribution in [3.05, 3.63) is 30.1 Å². The number of ether oxygens (including phenoxy) is 1. The van der Waals surface area contributed by atoms with Crippen LogP contribution in [-0.4, -0.2) is 12.0 Å². The van der Waals surface area contributed by atoms with Crippen LogP contribution in [-0.2, 0) is 0 Å². The molecule has 0 radical (unpaired) electrons. The molecule has 1 rings (SSSR count). The van der Waals surface area contributed by atoms with Gasteiger partial charge < -0.3 is 4.74 Å². The fourth-order valence-electron chi connectivity index (χ4n) is 0.742. The molecule has 1 aromatic carbocycles. The summed E-state index contributed by atoms with van der Waals surface area (Å²) in [6.07, 6.45) is 0. The molecule has 0 N–H and O–H groups in total. The summed E-state index contributed by atoms with van der Waals surface area (Å²) in [4.78, 5) is 0. The first-order valence-electron chi connectivity index (χ1n) is 3.71. The minimum atomic E-state index is -0.263. The summed E-state index contributed by atoms with van der Waals surface area (Å²) in [6.45, 7) is 2.28. The molecule has 1 unspecified atom stereocenters. The molecule has 0 bridgehead atoms. The van der Waals surface area contributed by atoms with Crippen molar-refractivity contribution < 1.29 is 9.13 Å². The predicted octanol–water partition coefficient (Wildman–Crippen LogP) is 2.83. The van der Waals surface area contributed by atoms with E-state index in [9.17, 15) is 4.39 Å². The maximum Gasteiger partial charge on any atom is 0.123 e. The zero-order valence-electron chi connectivity index (χ0n) is 6.76. The highest BCUT2D eigenvalue weighted by molar-refractivity contribution is 6.20. The Balaban J connectivity index is 2.48. The number of hydrogen-bond acceptors (Lipinski definition) is 1. The molecule has 0 heterocycles. The summed E-state index contributed by atoms with van der Waals surface area (Å²) in [5.41, 5.74) is 0. The largest absolute Gasteiger partial charge is 0.492 e. The molecule has 1 aromatic rings. The average Bonchev–Trinajstić information content (AvgIpc) is 2.03. The maximum atomic E-state index is 12.4. The molecule has 12 heavy (non-hydrogen) atoms. The number of rotatable bonds is 3. The lowest BCUT2D eigenvalue weighted by Gasteiger charge is -2.06. The minimum Gasteiger partial charge on any atom is -0.492 e. The number of halogens is 2. The second-order valence-electron chi connectivity index (χ2n) is 2.55. The number of benzene rings is 1. The van der Waals surface area contributed by atoms with E-state index in [-0.39, 0.29) is 11.2 Å². The number of alkyl halides is 1. The van der Waals surface area contributed by atoms with Gasteiger partial charge in [-0.15, -0.1) is 11.6 Å². The summed E-state index contributed by atoms with van der Waals surface area (Å²) in [5, 5.41) is -0.0324. The fourth-order valence-corrected chi connectivity index (χ4v) is 0.805. The van der Waals surface area contributed by atoms with Crippen molar-refractivity contribution in [1.82, 2.24) is 0 Å². The molecule has 3 heteroatoms.